The Bertz CT molecular complexity index is 890. The molecule has 0 heterocycles. The molecule has 1 aliphatic rings. The van der Waals surface area contributed by atoms with Crippen LogP contribution in [0.5, 0.6) is 5.75 Å². The van der Waals surface area contributed by atoms with Gasteiger partial charge in [-0.2, -0.15) is 0 Å². The molecular weight excluding hydrogens is 350 g/mol. The molecule has 0 unspecified atom stereocenters. The van der Waals surface area contributed by atoms with Crippen LogP contribution in [0, 0.1) is 12.8 Å². The highest BCUT2D eigenvalue weighted by Crippen LogP contribution is 2.36. The van der Waals surface area contributed by atoms with Gasteiger partial charge in [-0.25, -0.2) is 13.1 Å². The van der Waals surface area contributed by atoms with Crippen LogP contribution in [0.3, 0.4) is 0 Å². The van der Waals surface area contributed by atoms with E-state index in [0.717, 1.165) is 5.56 Å². The van der Waals surface area contributed by atoms with E-state index in [-0.39, 0.29) is 10.8 Å². The zero-order valence-electron chi connectivity index (χ0n) is 14.8. The Balaban J connectivity index is 1.81. The van der Waals surface area contributed by atoms with Crippen molar-refractivity contribution in [1.82, 2.24) is 4.72 Å². The molecule has 0 saturated heterocycles. The van der Waals surface area contributed by atoms with Gasteiger partial charge in [-0.1, -0.05) is 48.0 Å². The molecule has 2 N–H and O–H groups in total. The summed E-state index contributed by atoms with van der Waals surface area (Å²) in [6.45, 7) is 1.91. The Morgan fingerprint density at radius 3 is 2.54 bits per heavy atom. The molecule has 0 fully saturated rings. The quantitative estimate of drug-likeness (QED) is 0.764. The molecule has 3 rings (SSSR count). The highest BCUT2D eigenvalue weighted by Gasteiger charge is 2.34. The van der Waals surface area contributed by atoms with Gasteiger partial charge in [0.2, 0.25) is 10.0 Å². The molecule has 0 bridgehead atoms. The molecular formula is C20H23NO4S. The first-order chi connectivity index (χ1) is 12.4. The van der Waals surface area contributed by atoms with Gasteiger partial charge in [-0.05, 0) is 31.5 Å². The third-order valence-electron chi connectivity index (χ3n) is 4.67. The second-order valence-electron chi connectivity index (χ2n) is 6.47. The lowest BCUT2D eigenvalue weighted by Crippen LogP contribution is -2.39. The lowest BCUT2D eigenvalue weighted by molar-refractivity contribution is 0.116. The minimum atomic E-state index is -3.66. The number of hydrogen-bond acceptors (Lipinski definition) is 4. The fourth-order valence-electron chi connectivity index (χ4n) is 3.23. The predicted octanol–water partition coefficient (Wildman–Crippen LogP) is 2.96. The van der Waals surface area contributed by atoms with Crippen LogP contribution in [-0.4, -0.2) is 26.7 Å². The Labute approximate surface area is 154 Å². The Morgan fingerprint density at radius 2 is 1.85 bits per heavy atom. The monoisotopic (exact) mass is 373 g/mol. The Morgan fingerprint density at radius 1 is 1.15 bits per heavy atom. The number of para-hydroxylation sites is 1. The first-order valence-electron chi connectivity index (χ1n) is 8.49. The summed E-state index contributed by atoms with van der Waals surface area (Å²) in [6.07, 6.45) is 3.42. The zero-order chi connectivity index (χ0) is 18.7. The van der Waals surface area contributed by atoms with Crippen LogP contribution >= 0.6 is 0 Å². The van der Waals surface area contributed by atoms with E-state index in [9.17, 15) is 13.5 Å². The smallest absolute Gasteiger partial charge is 0.240 e. The zero-order valence-corrected chi connectivity index (χ0v) is 15.6. The van der Waals surface area contributed by atoms with Crippen molar-refractivity contribution >= 4 is 10.0 Å². The molecule has 26 heavy (non-hydrogen) atoms. The van der Waals surface area contributed by atoms with E-state index in [2.05, 4.69) is 4.72 Å². The standard InChI is InChI=1S/C20H23NO4S/c1-14-10-12-15(13-11-14)26(23,24)21-18-8-5-7-16(18)20(22)17-6-3-4-9-19(17)25-2/h3-7,9-13,16,18,20-22H,8H2,1-2H3/t16-,18-,20-/m0/s1. The number of aryl methyl sites for hydroxylation is 1. The number of nitrogens with one attached hydrogen (secondary N) is 1. The second kappa shape index (κ2) is 7.61. The summed E-state index contributed by atoms with van der Waals surface area (Å²) in [5.74, 6) is 0.215. The molecule has 0 aliphatic heterocycles. The molecule has 1 aliphatic carbocycles. The number of ether oxygens (including phenoxy) is 1. The van der Waals surface area contributed by atoms with Gasteiger partial charge in [0.1, 0.15) is 5.75 Å². The topological polar surface area (TPSA) is 75.6 Å². The summed E-state index contributed by atoms with van der Waals surface area (Å²) >= 11 is 0. The molecule has 0 saturated carbocycles. The maximum atomic E-state index is 12.7. The SMILES string of the molecule is COc1ccccc1[C@@H](O)[C@H]1C=CC[C@@H]1NS(=O)(=O)c1ccc(C)cc1. The number of benzene rings is 2. The van der Waals surface area contributed by atoms with Crippen LogP contribution in [-0.2, 0) is 10.0 Å². The Kier molecular flexibility index (Phi) is 5.46. The second-order valence-corrected chi connectivity index (χ2v) is 8.18. The molecule has 2 aromatic rings. The van der Waals surface area contributed by atoms with Crippen LogP contribution in [0.2, 0.25) is 0 Å². The van der Waals surface area contributed by atoms with Crippen LogP contribution in [0.4, 0.5) is 0 Å². The van der Waals surface area contributed by atoms with Gasteiger partial charge in [-0.15, -0.1) is 0 Å². The molecule has 0 amide bonds. The average molecular weight is 373 g/mol. The van der Waals surface area contributed by atoms with Gasteiger partial charge in [0.15, 0.2) is 0 Å². The summed E-state index contributed by atoms with van der Waals surface area (Å²) in [6, 6.07) is 13.5. The average Bonchev–Trinajstić information content (AvgIpc) is 3.08. The van der Waals surface area contributed by atoms with E-state index in [4.69, 9.17) is 4.74 Å². The van der Waals surface area contributed by atoms with E-state index in [1.54, 1.807) is 43.5 Å². The van der Waals surface area contributed by atoms with Crippen LogP contribution in [0.1, 0.15) is 23.7 Å². The molecule has 0 aromatic heterocycles. The van der Waals surface area contributed by atoms with E-state index in [1.165, 1.54) is 0 Å². The molecule has 3 atom stereocenters. The Hall–Kier alpha value is -2.15. The maximum absolute atomic E-state index is 12.7. The first kappa shape index (κ1) is 18.6. The summed E-state index contributed by atoms with van der Waals surface area (Å²) in [5, 5.41) is 10.8. The maximum Gasteiger partial charge on any atom is 0.240 e. The van der Waals surface area contributed by atoms with Gasteiger partial charge in [-0.3, -0.25) is 0 Å². The first-order valence-corrected chi connectivity index (χ1v) is 9.97. The minimum Gasteiger partial charge on any atom is -0.496 e. The summed E-state index contributed by atoms with van der Waals surface area (Å²) < 4.78 is 33.4. The highest BCUT2D eigenvalue weighted by molar-refractivity contribution is 7.89. The molecule has 0 radical (unpaired) electrons. The highest BCUT2D eigenvalue weighted by atomic mass is 32.2. The lowest BCUT2D eigenvalue weighted by atomic mass is 9.92. The van der Waals surface area contributed by atoms with Gasteiger partial charge < -0.3 is 9.84 Å². The summed E-state index contributed by atoms with van der Waals surface area (Å²) in [7, 11) is -2.11. The van der Waals surface area contributed by atoms with E-state index in [0.29, 0.717) is 17.7 Å². The molecule has 2 aromatic carbocycles. The van der Waals surface area contributed by atoms with E-state index >= 15 is 0 Å². The number of rotatable bonds is 6. The molecule has 138 valence electrons. The van der Waals surface area contributed by atoms with Crippen molar-refractivity contribution in [2.75, 3.05) is 7.11 Å². The third-order valence-corrected chi connectivity index (χ3v) is 6.18. The van der Waals surface area contributed by atoms with Crippen molar-refractivity contribution in [1.29, 1.82) is 0 Å². The van der Waals surface area contributed by atoms with Gasteiger partial charge >= 0.3 is 0 Å². The molecule has 0 spiro atoms. The fraction of sp³-hybridized carbons (Fsp3) is 0.300. The minimum absolute atomic E-state index is 0.223. The van der Waals surface area contributed by atoms with Gasteiger partial charge in [0.05, 0.1) is 18.1 Å². The van der Waals surface area contributed by atoms with E-state index in [1.807, 2.05) is 31.2 Å². The van der Waals surface area contributed by atoms with Crippen molar-refractivity contribution in [3.05, 3.63) is 71.8 Å². The lowest BCUT2D eigenvalue weighted by Gasteiger charge is -2.26. The largest absolute Gasteiger partial charge is 0.496 e. The van der Waals surface area contributed by atoms with Crippen molar-refractivity contribution in [3.8, 4) is 5.75 Å². The van der Waals surface area contributed by atoms with Crippen molar-refractivity contribution in [2.45, 2.75) is 30.4 Å². The predicted molar refractivity (Wildman–Crippen MR) is 100 cm³/mol. The fourth-order valence-corrected chi connectivity index (χ4v) is 4.51. The number of methoxy groups -OCH3 is 1. The van der Waals surface area contributed by atoms with E-state index < -0.39 is 22.2 Å². The third kappa shape index (κ3) is 3.82. The van der Waals surface area contributed by atoms with Crippen LogP contribution in [0.15, 0.2) is 65.6 Å². The summed E-state index contributed by atoms with van der Waals surface area (Å²) in [5.41, 5.74) is 1.64. The number of hydrogen-bond donors (Lipinski definition) is 2. The van der Waals surface area contributed by atoms with Crippen LogP contribution < -0.4 is 9.46 Å². The molecule has 5 nitrogen and oxygen atoms in total. The van der Waals surface area contributed by atoms with Gasteiger partial charge in [0, 0.05) is 17.5 Å². The van der Waals surface area contributed by atoms with Crippen molar-refractivity contribution < 1.29 is 18.3 Å². The number of aliphatic hydroxyl groups excluding tert-OH is 1. The van der Waals surface area contributed by atoms with Crippen LogP contribution in [0.25, 0.3) is 0 Å². The number of aliphatic hydroxyl groups is 1. The normalized spacial score (nSPS) is 20.9. The van der Waals surface area contributed by atoms with Crippen molar-refractivity contribution in [3.63, 3.8) is 0 Å². The van der Waals surface area contributed by atoms with Crippen molar-refractivity contribution in [2.24, 2.45) is 5.92 Å². The number of sulfonamides is 1. The summed E-state index contributed by atoms with van der Waals surface area (Å²) in [4.78, 5) is 0.223. The molecule has 6 heteroatoms. The van der Waals surface area contributed by atoms with Gasteiger partial charge in [0.25, 0.3) is 0 Å².